The van der Waals surface area contributed by atoms with Gasteiger partial charge < -0.3 is 9.80 Å². The summed E-state index contributed by atoms with van der Waals surface area (Å²) < 4.78 is 0. The highest BCUT2D eigenvalue weighted by Crippen LogP contribution is 2.08. The van der Waals surface area contributed by atoms with Crippen LogP contribution in [-0.2, 0) is 0 Å². The molecule has 14 heavy (non-hydrogen) atoms. The lowest BCUT2D eigenvalue weighted by Crippen LogP contribution is -2.33. The molecule has 1 atom stereocenters. The number of nitrogens with zero attached hydrogens (tertiary/aromatic N) is 2. The maximum absolute atomic E-state index is 5.80. The summed E-state index contributed by atoms with van der Waals surface area (Å²) in [5.41, 5.74) is 0. The van der Waals surface area contributed by atoms with Crippen LogP contribution in [0.5, 0.6) is 0 Å². The second-order valence-corrected chi connectivity index (χ2v) is 4.69. The summed E-state index contributed by atoms with van der Waals surface area (Å²) in [5, 5.41) is 0. The fourth-order valence-corrected chi connectivity index (χ4v) is 2.12. The molecule has 1 unspecified atom stereocenters. The number of hydrogen-bond donors (Lipinski definition) is 0. The Morgan fingerprint density at radius 2 is 2.00 bits per heavy atom. The molecule has 0 saturated carbocycles. The van der Waals surface area contributed by atoms with Gasteiger partial charge >= 0.3 is 0 Å². The summed E-state index contributed by atoms with van der Waals surface area (Å²) in [6.45, 7) is 7.25. The Morgan fingerprint density at radius 1 is 1.36 bits per heavy atom. The van der Waals surface area contributed by atoms with Gasteiger partial charge in [0.25, 0.3) is 0 Å². The van der Waals surface area contributed by atoms with Crippen molar-refractivity contribution in [2.75, 3.05) is 39.1 Å². The van der Waals surface area contributed by atoms with Crippen molar-refractivity contribution in [3.05, 3.63) is 0 Å². The molecule has 1 aliphatic heterocycles. The standard InChI is InChI=1S/C11H23ClN2/c1-11(10-12)13(2)6-5-9-14-7-3-4-8-14/h11H,3-10H2,1-2H3. The first-order valence-corrected chi connectivity index (χ1v) is 6.26. The first-order valence-electron chi connectivity index (χ1n) is 5.72. The van der Waals surface area contributed by atoms with Crippen LogP contribution in [0.1, 0.15) is 26.2 Å². The summed E-state index contributed by atoms with van der Waals surface area (Å²) in [6.07, 6.45) is 4.07. The van der Waals surface area contributed by atoms with Gasteiger partial charge in [-0.1, -0.05) is 0 Å². The molecule has 0 aromatic carbocycles. The average Bonchev–Trinajstić information content (AvgIpc) is 2.69. The van der Waals surface area contributed by atoms with Crippen molar-refractivity contribution in [1.82, 2.24) is 9.80 Å². The van der Waals surface area contributed by atoms with E-state index in [2.05, 4.69) is 23.8 Å². The van der Waals surface area contributed by atoms with E-state index in [0.717, 1.165) is 5.88 Å². The molecule has 0 N–H and O–H groups in total. The third-order valence-electron chi connectivity index (χ3n) is 3.16. The fraction of sp³-hybridized carbons (Fsp3) is 1.00. The van der Waals surface area contributed by atoms with Crippen molar-refractivity contribution in [1.29, 1.82) is 0 Å². The highest BCUT2D eigenvalue weighted by molar-refractivity contribution is 6.18. The average molecular weight is 219 g/mol. The van der Waals surface area contributed by atoms with Crippen LogP contribution in [0.4, 0.5) is 0 Å². The minimum Gasteiger partial charge on any atom is -0.303 e. The fourth-order valence-electron chi connectivity index (χ4n) is 1.89. The highest BCUT2D eigenvalue weighted by Gasteiger charge is 2.12. The van der Waals surface area contributed by atoms with Crippen LogP contribution in [0.3, 0.4) is 0 Å². The first-order chi connectivity index (χ1) is 6.74. The van der Waals surface area contributed by atoms with Crippen LogP contribution in [0.25, 0.3) is 0 Å². The Morgan fingerprint density at radius 3 is 2.57 bits per heavy atom. The van der Waals surface area contributed by atoms with E-state index in [9.17, 15) is 0 Å². The van der Waals surface area contributed by atoms with Crippen molar-refractivity contribution >= 4 is 11.6 Å². The zero-order chi connectivity index (χ0) is 10.4. The maximum Gasteiger partial charge on any atom is 0.0376 e. The van der Waals surface area contributed by atoms with Crippen LogP contribution in [0, 0.1) is 0 Å². The van der Waals surface area contributed by atoms with Gasteiger partial charge in [-0.25, -0.2) is 0 Å². The van der Waals surface area contributed by atoms with E-state index in [4.69, 9.17) is 11.6 Å². The summed E-state index contributed by atoms with van der Waals surface area (Å²) in [6, 6.07) is 0.509. The minimum absolute atomic E-state index is 0.509. The Hall–Kier alpha value is 0.210. The zero-order valence-electron chi connectivity index (χ0n) is 9.51. The van der Waals surface area contributed by atoms with Gasteiger partial charge in [-0.15, -0.1) is 11.6 Å². The molecule has 0 radical (unpaired) electrons. The molecule has 1 rings (SSSR count). The number of alkyl halides is 1. The summed E-state index contributed by atoms with van der Waals surface area (Å²) in [5.74, 6) is 0.736. The highest BCUT2D eigenvalue weighted by atomic mass is 35.5. The third kappa shape index (κ3) is 4.16. The van der Waals surface area contributed by atoms with E-state index >= 15 is 0 Å². The lowest BCUT2D eigenvalue weighted by Gasteiger charge is -2.23. The largest absolute Gasteiger partial charge is 0.303 e. The van der Waals surface area contributed by atoms with Gasteiger partial charge in [0.15, 0.2) is 0 Å². The number of likely N-dealkylation sites (tertiary alicyclic amines) is 1. The van der Waals surface area contributed by atoms with Crippen molar-refractivity contribution < 1.29 is 0 Å². The number of hydrogen-bond acceptors (Lipinski definition) is 2. The van der Waals surface area contributed by atoms with Crippen molar-refractivity contribution in [3.8, 4) is 0 Å². The van der Waals surface area contributed by atoms with Crippen LogP contribution >= 0.6 is 11.6 Å². The molecule has 0 aromatic rings. The summed E-state index contributed by atoms with van der Waals surface area (Å²) in [4.78, 5) is 4.92. The predicted octanol–water partition coefficient (Wildman–Crippen LogP) is 2.03. The molecule has 1 heterocycles. The molecule has 2 nitrogen and oxygen atoms in total. The Labute approximate surface area is 93.2 Å². The third-order valence-corrected chi connectivity index (χ3v) is 3.61. The molecular formula is C11H23ClN2. The second-order valence-electron chi connectivity index (χ2n) is 4.39. The molecule has 0 amide bonds. The number of halogens is 1. The van der Waals surface area contributed by atoms with Gasteiger partial charge in [0.2, 0.25) is 0 Å². The monoisotopic (exact) mass is 218 g/mol. The summed E-state index contributed by atoms with van der Waals surface area (Å²) in [7, 11) is 2.16. The maximum atomic E-state index is 5.80. The van der Waals surface area contributed by atoms with E-state index in [0.29, 0.717) is 6.04 Å². The topological polar surface area (TPSA) is 6.48 Å². The second kappa shape index (κ2) is 6.65. The molecule has 0 aliphatic carbocycles. The first kappa shape index (κ1) is 12.3. The van der Waals surface area contributed by atoms with Crippen LogP contribution < -0.4 is 0 Å². The normalized spacial score (nSPS) is 20.6. The van der Waals surface area contributed by atoms with Gasteiger partial charge in [0.1, 0.15) is 0 Å². The zero-order valence-corrected chi connectivity index (χ0v) is 10.3. The van der Waals surface area contributed by atoms with E-state index in [1.54, 1.807) is 0 Å². The minimum atomic E-state index is 0.509. The van der Waals surface area contributed by atoms with E-state index in [1.807, 2.05) is 0 Å². The van der Waals surface area contributed by atoms with E-state index in [1.165, 1.54) is 45.4 Å². The van der Waals surface area contributed by atoms with Crippen LogP contribution in [0.15, 0.2) is 0 Å². The molecule has 3 heteroatoms. The molecule has 0 spiro atoms. The van der Waals surface area contributed by atoms with Crippen molar-refractivity contribution in [2.24, 2.45) is 0 Å². The number of rotatable bonds is 6. The van der Waals surface area contributed by atoms with Gasteiger partial charge in [0.05, 0.1) is 0 Å². The van der Waals surface area contributed by atoms with Crippen LogP contribution in [0.2, 0.25) is 0 Å². The quantitative estimate of drug-likeness (QED) is 0.630. The molecule has 1 aliphatic rings. The van der Waals surface area contributed by atoms with Gasteiger partial charge in [-0.05, 0) is 59.4 Å². The smallest absolute Gasteiger partial charge is 0.0376 e. The lowest BCUT2D eigenvalue weighted by molar-refractivity contribution is 0.247. The molecule has 0 aromatic heterocycles. The van der Waals surface area contributed by atoms with Crippen molar-refractivity contribution in [3.63, 3.8) is 0 Å². The predicted molar refractivity (Wildman–Crippen MR) is 63.1 cm³/mol. The SMILES string of the molecule is CC(CCl)N(C)CCCN1CCCC1. The molecule has 1 saturated heterocycles. The molecule has 0 bridgehead atoms. The van der Waals surface area contributed by atoms with Gasteiger partial charge in [-0.3, -0.25) is 0 Å². The summed E-state index contributed by atoms with van der Waals surface area (Å²) >= 11 is 5.80. The lowest BCUT2D eigenvalue weighted by atomic mass is 10.3. The molecular weight excluding hydrogens is 196 g/mol. The Bertz CT molecular complexity index is 146. The Balaban J connectivity index is 2.02. The van der Waals surface area contributed by atoms with E-state index in [-0.39, 0.29) is 0 Å². The van der Waals surface area contributed by atoms with Crippen molar-refractivity contribution in [2.45, 2.75) is 32.2 Å². The molecule has 84 valence electrons. The van der Waals surface area contributed by atoms with Crippen LogP contribution in [-0.4, -0.2) is 54.9 Å². The van der Waals surface area contributed by atoms with E-state index < -0.39 is 0 Å². The Kier molecular flexibility index (Phi) is 5.83. The molecule has 1 fully saturated rings. The van der Waals surface area contributed by atoms with Gasteiger partial charge in [-0.2, -0.15) is 0 Å². The van der Waals surface area contributed by atoms with Gasteiger partial charge in [0, 0.05) is 11.9 Å².